The van der Waals surface area contributed by atoms with Gasteiger partial charge in [0.2, 0.25) is 0 Å². The maximum absolute atomic E-state index is 14.0. The van der Waals surface area contributed by atoms with Gasteiger partial charge in [-0.15, -0.1) is 0 Å². The van der Waals surface area contributed by atoms with E-state index in [2.05, 4.69) is 31.2 Å². The molecule has 2 saturated heterocycles. The molecule has 2 aliphatic heterocycles. The normalized spacial score (nSPS) is 20.9. The maximum Gasteiger partial charge on any atom is 0.253 e. The fourth-order valence-electron chi connectivity index (χ4n) is 4.81. The maximum atomic E-state index is 14.0. The summed E-state index contributed by atoms with van der Waals surface area (Å²) in [6.07, 6.45) is 4.88. The number of benzene rings is 2. The topological polar surface area (TPSA) is 38.8 Å². The Morgan fingerprint density at radius 2 is 1.93 bits per heavy atom. The number of hydrogen-bond acceptors (Lipinski definition) is 3. The number of carbonyl (C=O) groups excluding carboxylic acids is 1. The third kappa shape index (κ3) is 4.51. The van der Waals surface area contributed by atoms with Gasteiger partial charge in [0.25, 0.3) is 5.91 Å². The standard InChI is InChI=1S/C25H30FNO3/c1-18-3-5-19(6-4-18)15-20-9-14-30-25(17-20)10-12-27(13-11-25)24(28)21-7-8-23(29-2)22(26)16-21/h3-8,16,20H,9-15,17H2,1-2H3. The Hall–Kier alpha value is -2.40. The van der Waals surface area contributed by atoms with E-state index in [0.717, 1.165) is 38.7 Å². The first-order valence-corrected chi connectivity index (χ1v) is 10.8. The second-order valence-electron chi connectivity index (χ2n) is 8.72. The van der Waals surface area contributed by atoms with Gasteiger partial charge in [0.05, 0.1) is 12.7 Å². The second-order valence-corrected chi connectivity index (χ2v) is 8.72. The number of carbonyl (C=O) groups is 1. The number of hydrogen-bond donors (Lipinski definition) is 0. The summed E-state index contributed by atoms with van der Waals surface area (Å²) in [6, 6.07) is 13.2. The number of rotatable bonds is 4. The van der Waals surface area contributed by atoms with E-state index < -0.39 is 5.82 Å². The van der Waals surface area contributed by atoms with Crippen molar-refractivity contribution < 1.29 is 18.7 Å². The van der Waals surface area contributed by atoms with Gasteiger partial charge in [-0.05, 0) is 68.7 Å². The van der Waals surface area contributed by atoms with Gasteiger partial charge in [0.15, 0.2) is 11.6 Å². The van der Waals surface area contributed by atoms with E-state index in [9.17, 15) is 9.18 Å². The summed E-state index contributed by atoms with van der Waals surface area (Å²) in [7, 11) is 1.42. The van der Waals surface area contributed by atoms with Gasteiger partial charge in [-0.1, -0.05) is 29.8 Å². The molecule has 1 atom stereocenters. The number of halogens is 1. The molecule has 0 saturated carbocycles. The van der Waals surface area contributed by atoms with Gasteiger partial charge >= 0.3 is 0 Å². The first-order chi connectivity index (χ1) is 14.5. The van der Waals surface area contributed by atoms with Gasteiger partial charge in [0.1, 0.15) is 0 Å². The van der Waals surface area contributed by atoms with Crippen molar-refractivity contribution in [2.24, 2.45) is 5.92 Å². The van der Waals surface area contributed by atoms with Crippen LogP contribution in [0.5, 0.6) is 5.75 Å². The SMILES string of the molecule is COc1ccc(C(=O)N2CCC3(CC2)CC(Cc2ccc(C)cc2)CCO3)cc1F. The molecule has 4 rings (SSSR count). The Morgan fingerprint density at radius 1 is 1.20 bits per heavy atom. The summed E-state index contributed by atoms with van der Waals surface area (Å²) in [4.78, 5) is 14.7. The molecule has 1 amide bonds. The van der Waals surface area contributed by atoms with Crippen molar-refractivity contribution in [2.45, 2.75) is 44.6 Å². The summed E-state index contributed by atoms with van der Waals surface area (Å²) in [5.41, 5.74) is 2.91. The summed E-state index contributed by atoms with van der Waals surface area (Å²) in [5.74, 6) is 0.128. The van der Waals surface area contributed by atoms with Crippen LogP contribution in [0.4, 0.5) is 4.39 Å². The lowest BCUT2D eigenvalue weighted by Crippen LogP contribution is -2.51. The Morgan fingerprint density at radius 3 is 2.60 bits per heavy atom. The van der Waals surface area contributed by atoms with Crippen molar-refractivity contribution in [3.63, 3.8) is 0 Å². The first-order valence-electron chi connectivity index (χ1n) is 10.8. The lowest BCUT2D eigenvalue weighted by atomic mass is 9.77. The van der Waals surface area contributed by atoms with Crippen LogP contribution in [-0.4, -0.2) is 43.2 Å². The molecule has 4 nitrogen and oxygen atoms in total. The molecule has 0 aromatic heterocycles. The Kier molecular flexibility index (Phi) is 6.09. The minimum atomic E-state index is -0.508. The van der Waals surface area contributed by atoms with Gasteiger partial charge < -0.3 is 14.4 Å². The van der Waals surface area contributed by atoms with E-state index in [-0.39, 0.29) is 17.3 Å². The first kappa shape index (κ1) is 20.9. The van der Waals surface area contributed by atoms with E-state index in [1.807, 2.05) is 4.90 Å². The zero-order valence-electron chi connectivity index (χ0n) is 17.8. The van der Waals surface area contributed by atoms with Crippen molar-refractivity contribution in [2.75, 3.05) is 26.8 Å². The number of aryl methyl sites for hydroxylation is 1. The molecule has 2 aliphatic rings. The molecule has 160 valence electrons. The molecule has 1 unspecified atom stereocenters. The quantitative estimate of drug-likeness (QED) is 0.726. The molecule has 2 heterocycles. The van der Waals surface area contributed by atoms with Crippen molar-refractivity contribution in [1.82, 2.24) is 4.90 Å². The molecular formula is C25H30FNO3. The van der Waals surface area contributed by atoms with Crippen LogP contribution in [0, 0.1) is 18.7 Å². The molecule has 0 aliphatic carbocycles. The van der Waals surface area contributed by atoms with Crippen LogP contribution in [0.2, 0.25) is 0 Å². The number of piperidine rings is 1. The molecule has 5 heteroatoms. The van der Waals surface area contributed by atoms with E-state index in [1.165, 1.54) is 30.4 Å². The number of methoxy groups -OCH3 is 1. The van der Waals surface area contributed by atoms with E-state index in [4.69, 9.17) is 9.47 Å². The lowest BCUT2D eigenvalue weighted by Gasteiger charge is -2.46. The van der Waals surface area contributed by atoms with Crippen molar-refractivity contribution in [3.05, 3.63) is 65.0 Å². The molecule has 0 bridgehead atoms. The highest BCUT2D eigenvalue weighted by Crippen LogP contribution is 2.39. The van der Waals surface area contributed by atoms with Crippen molar-refractivity contribution in [1.29, 1.82) is 0 Å². The van der Waals surface area contributed by atoms with Gasteiger partial charge in [-0.2, -0.15) is 0 Å². The molecule has 2 aromatic carbocycles. The fourth-order valence-corrected chi connectivity index (χ4v) is 4.81. The zero-order valence-corrected chi connectivity index (χ0v) is 17.8. The molecule has 1 spiro atoms. The average Bonchev–Trinajstić information content (AvgIpc) is 2.75. The van der Waals surface area contributed by atoms with Crippen LogP contribution < -0.4 is 4.74 Å². The highest BCUT2D eigenvalue weighted by molar-refractivity contribution is 5.94. The summed E-state index contributed by atoms with van der Waals surface area (Å²) >= 11 is 0. The van der Waals surface area contributed by atoms with E-state index in [0.29, 0.717) is 24.6 Å². The van der Waals surface area contributed by atoms with Crippen molar-refractivity contribution >= 4 is 5.91 Å². The molecule has 0 radical (unpaired) electrons. The number of nitrogens with zero attached hydrogens (tertiary/aromatic N) is 1. The van der Waals surface area contributed by atoms with Crippen LogP contribution in [0.15, 0.2) is 42.5 Å². The van der Waals surface area contributed by atoms with Crippen LogP contribution in [0.1, 0.15) is 47.2 Å². The minimum absolute atomic E-state index is 0.126. The van der Waals surface area contributed by atoms with Gasteiger partial charge in [-0.25, -0.2) is 4.39 Å². The zero-order chi connectivity index (χ0) is 21.1. The molecule has 2 fully saturated rings. The van der Waals surface area contributed by atoms with Crippen LogP contribution in [0.25, 0.3) is 0 Å². The largest absolute Gasteiger partial charge is 0.494 e. The predicted octanol–water partition coefficient (Wildman–Crippen LogP) is 4.79. The van der Waals surface area contributed by atoms with Crippen LogP contribution in [0.3, 0.4) is 0 Å². The van der Waals surface area contributed by atoms with Crippen LogP contribution >= 0.6 is 0 Å². The second kappa shape index (κ2) is 8.76. The fraction of sp³-hybridized carbons (Fsp3) is 0.480. The highest BCUT2D eigenvalue weighted by atomic mass is 19.1. The average molecular weight is 412 g/mol. The Bertz CT molecular complexity index is 888. The third-order valence-corrected chi connectivity index (χ3v) is 6.60. The summed E-state index contributed by atoms with van der Waals surface area (Å²) in [5, 5.41) is 0. The summed E-state index contributed by atoms with van der Waals surface area (Å²) in [6.45, 7) is 4.18. The smallest absolute Gasteiger partial charge is 0.253 e. The predicted molar refractivity (Wildman–Crippen MR) is 114 cm³/mol. The van der Waals surface area contributed by atoms with Crippen molar-refractivity contribution in [3.8, 4) is 5.75 Å². The Balaban J connectivity index is 1.36. The van der Waals surface area contributed by atoms with Gasteiger partial charge in [0, 0.05) is 25.3 Å². The minimum Gasteiger partial charge on any atom is -0.494 e. The van der Waals surface area contributed by atoms with E-state index >= 15 is 0 Å². The number of likely N-dealkylation sites (tertiary alicyclic amines) is 1. The molecule has 2 aromatic rings. The molecular weight excluding hydrogens is 381 g/mol. The van der Waals surface area contributed by atoms with Gasteiger partial charge in [-0.3, -0.25) is 4.79 Å². The molecule has 0 N–H and O–H groups in total. The van der Waals surface area contributed by atoms with E-state index in [1.54, 1.807) is 6.07 Å². The number of ether oxygens (including phenoxy) is 2. The number of amides is 1. The molecule has 30 heavy (non-hydrogen) atoms. The highest BCUT2D eigenvalue weighted by Gasteiger charge is 2.41. The monoisotopic (exact) mass is 411 g/mol. The third-order valence-electron chi connectivity index (χ3n) is 6.60. The Labute approximate surface area is 178 Å². The van der Waals surface area contributed by atoms with Crippen LogP contribution in [-0.2, 0) is 11.2 Å². The lowest BCUT2D eigenvalue weighted by molar-refractivity contribution is -0.123. The summed E-state index contributed by atoms with van der Waals surface area (Å²) < 4.78 is 25.2.